The zero-order valence-electron chi connectivity index (χ0n) is 16.0. The average molecular weight is 389 g/mol. The Kier molecular flexibility index (Phi) is 3.97. The van der Waals surface area contributed by atoms with Gasteiger partial charge in [-0.2, -0.15) is 10.2 Å². The number of rotatable bonds is 3. The Morgan fingerprint density at radius 1 is 1.17 bits per heavy atom. The number of carbonyl (C=O) groups excluding carboxylic acids is 1. The maximum atomic E-state index is 13.3. The van der Waals surface area contributed by atoms with Crippen molar-refractivity contribution in [2.75, 3.05) is 6.54 Å². The first-order valence-electron chi connectivity index (χ1n) is 9.28. The van der Waals surface area contributed by atoms with E-state index in [1.54, 1.807) is 26.8 Å². The van der Waals surface area contributed by atoms with Crippen molar-refractivity contribution >= 4 is 5.91 Å². The zero-order valence-corrected chi connectivity index (χ0v) is 16.0. The van der Waals surface area contributed by atoms with Gasteiger partial charge in [-0.1, -0.05) is 12.1 Å². The summed E-state index contributed by atoms with van der Waals surface area (Å²) in [6.45, 7) is 3.01. The molecule has 0 aliphatic carbocycles. The number of nitrogens with zero attached hydrogens (tertiary/aromatic N) is 9. The predicted octanol–water partition coefficient (Wildman–Crippen LogP) is 1.48. The molecular formula is C19H19N9O. The van der Waals surface area contributed by atoms with Crippen molar-refractivity contribution in [1.82, 2.24) is 44.2 Å². The molecular weight excluding hydrogens is 370 g/mol. The third-order valence-electron chi connectivity index (χ3n) is 5.07. The number of aryl methyl sites for hydroxylation is 1. The molecule has 3 aromatic heterocycles. The van der Waals surface area contributed by atoms with Gasteiger partial charge >= 0.3 is 0 Å². The summed E-state index contributed by atoms with van der Waals surface area (Å²) in [5.74, 6) is 1.46. The van der Waals surface area contributed by atoms with E-state index in [0.29, 0.717) is 24.3 Å². The van der Waals surface area contributed by atoms with Crippen molar-refractivity contribution in [3.05, 3.63) is 60.7 Å². The summed E-state index contributed by atoms with van der Waals surface area (Å²) in [4.78, 5) is 19.1. The third kappa shape index (κ3) is 2.89. The highest BCUT2D eigenvalue weighted by atomic mass is 16.2. The number of benzene rings is 1. The van der Waals surface area contributed by atoms with Crippen LogP contribution in [0.4, 0.5) is 0 Å². The molecule has 0 fully saturated rings. The Morgan fingerprint density at radius 2 is 2.03 bits per heavy atom. The first-order valence-corrected chi connectivity index (χ1v) is 9.28. The molecule has 1 aliphatic heterocycles. The molecule has 0 spiro atoms. The molecule has 0 saturated heterocycles. The SMILES string of the molecule is C[C@H]1CN(C(=O)c2ccccc2-n2cncn2)Cc2nnc(-c3cnn(C)c3)n21. The normalized spacial score (nSPS) is 16.1. The summed E-state index contributed by atoms with van der Waals surface area (Å²) in [5.41, 5.74) is 2.19. The fourth-order valence-electron chi connectivity index (χ4n) is 3.78. The minimum absolute atomic E-state index is 0.0337. The van der Waals surface area contributed by atoms with Crippen molar-refractivity contribution < 1.29 is 4.79 Å². The lowest BCUT2D eigenvalue weighted by molar-refractivity contribution is 0.0682. The molecule has 29 heavy (non-hydrogen) atoms. The van der Waals surface area contributed by atoms with Gasteiger partial charge in [-0.25, -0.2) is 9.67 Å². The van der Waals surface area contributed by atoms with Crippen LogP contribution in [0, 0.1) is 0 Å². The van der Waals surface area contributed by atoms with Crippen molar-refractivity contribution in [2.24, 2.45) is 7.05 Å². The van der Waals surface area contributed by atoms with E-state index < -0.39 is 0 Å². The molecule has 1 aromatic carbocycles. The molecule has 0 bridgehead atoms. The molecule has 0 unspecified atom stereocenters. The number of carbonyl (C=O) groups is 1. The number of amides is 1. The molecule has 0 saturated carbocycles. The smallest absolute Gasteiger partial charge is 0.256 e. The number of aromatic nitrogens is 8. The quantitative estimate of drug-likeness (QED) is 0.526. The van der Waals surface area contributed by atoms with Gasteiger partial charge in [0.05, 0.1) is 35.6 Å². The standard InChI is InChI=1S/C19H19N9O/c1-13-8-26(10-17-23-24-18(28(13)17)14-7-21-25(2)9-14)19(29)15-5-3-4-6-16(15)27-12-20-11-22-27/h3-7,9,11-13H,8,10H2,1-2H3/t13-/m0/s1. The fourth-order valence-corrected chi connectivity index (χ4v) is 3.78. The Balaban J connectivity index is 1.47. The van der Waals surface area contributed by atoms with Gasteiger partial charge in [0.25, 0.3) is 5.91 Å². The molecule has 0 N–H and O–H groups in total. The highest BCUT2D eigenvalue weighted by Gasteiger charge is 2.31. The van der Waals surface area contributed by atoms with E-state index in [4.69, 9.17) is 0 Å². The van der Waals surface area contributed by atoms with E-state index in [1.807, 2.05) is 37.5 Å². The van der Waals surface area contributed by atoms with E-state index in [0.717, 1.165) is 17.2 Å². The first-order chi connectivity index (χ1) is 14.1. The van der Waals surface area contributed by atoms with E-state index >= 15 is 0 Å². The Hall–Kier alpha value is -3.82. The highest BCUT2D eigenvalue weighted by molar-refractivity contribution is 5.97. The van der Waals surface area contributed by atoms with Crippen molar-refractivity contribution in [2.45, 2.75) is 19.5 Å². The van der Waals surface area contributed by atoms with Gasteiger partial charge < -0.3 is 9.47 Å². The molecule has 10 heteroatoms. The molecule has 1 atom stereocenters. The number of hydrogen-bond donors (Lipinski definition) is 0. The van der Waals surface area contributed by atoms with E-state index in [-0.39, 0.29) is 11.9 Å². The number of hydrogen-bond acceptors (Lipinski definition) is 6. The van der Waals surface area contributed by atoms with Crippen molar-refractivity contribution in [3.8, 4) is 17.1 Å². The number of fused-ring (bicyclic) bond motifs is 1. The molecule has 146 valence electrons. The fraction of sp³-hybridized carbons (Fsp3) is 0.263. The van der Waals surface area contributed by atoms with Crippen LogP contribution >= 0.6 is 0 Å². The van der Waals surface area contributed by atoms with E-state index in [1.165, 1.54) is 6.33 Å². The van der Waals surface area contributed by atoms with Gasteiger partial charge in [-0.3, -0.25) is 9.48 Å². The molecule has 10 nitrogen and oxygen atoms in total. The summed E-state index contributed by atoms with van der Waals surface area (Å²) in [6, 6.07) is 7.43. The van der Waals surface area contributed by atoms with Crippen LogP contribution < -0.4 is 0 Å². The lowest BCUT2D eigenvalue weighted by Crippen LogP contribution is -2.40. The van der Waals surface area contributed by atoms with Crippen LogP contribution in [0.5, 0.6) is 0 Å². The van der Waals surface area contributed by atoms with Gasteiger partial charge in [0.2, 0.25) is 0 Å². The topological polar surface area (TPSA) is 99.6 Å². The lowest BCUT2D eigenvalue weighted by Gasteiger charge is -2.32. The van der Waals surface area contributed by atoms with Crippen LogP contribution in [0.2, 0.25) is 0 Å². The van der Waals surface area contributed by atoms with Crippen LogP contribution in [-0.4, -0.2) is 56.7 Å². The molecule has 1 aliphatic rings. The average Bonchev–Trinajstić information content (AvgIpc) is 3.48. The molecule has 4 aromatic rings. The Bertz CT molecular complexity index is 1170. The molecule has 0 radical (unpaired) electrons. The maximum absolute atomic E-state index is 13.3. The minimum Gasteiger partial charge on any atom is -0.329 e. The van der Waals surface area contributed by atoms with Gasteiger partial charge in [0.15, 0.2) is 11.6 Å². The lowest BCUT2D eigenvalue weighted by atomic mass is 10.1. The summed E-state index contributed by atoms with van der Waals surface area (Å²) in [7, 11) is 1.87. The summed E-state index contributed by atoms with van der Waals surface area (Å²) < 4.78 is 5.43. The van der Waals surface area contributed by atoms with Crippen LogP contribution in [0.15, 0.2) is 49.3 Å². The molecule has 1 amide bonds. The van der Waals surface area contributed by atoms with Crippen LogP contribution in [0.3, 0.4) is 0 Å². The number of para-hydroxylation sites is 1. The molecule has 5 rings (SSSR count). The predicted molar refractivity (Wildman–Crippen MR) is 103 cm³/mol. The third-order valence-corrected chi connectivity index (χ3v) is 5.07. The monoisotopic (exact) mass is 389 g/mol. The van der Waals surface area contributed by atoms with Gasteiger partial charge in [-0.15, -0.1) is 10.2 Å². The van der Waals surface area contributed by atoms with Gasteiger partial charge in [0.1, 0.15) is 12.7 Å². The molecule has 4 heterocycles. The summed E-state index contributed by atoms with van der Waals surface area (Å²) in [5, 5.41) is 17.1. The highest BCUT2D eigenvalue weighted by Crippen LogP contribution is 2.28. The van der Waals surface area contributed by atoms with E-state index in [2.05, 4.69) is 36.9 Å². The largest absolute Gasteiger partial charge is 0.329 e. The zero-order chi connectivity index (χ0) is 20.0. The van der Waals surface area contributed by atoms with Crippen LogP contribution in [0.1, 0.15) is 29.1 Å². The Morgan fingerprint density at radius 3 is 2.79 bits per heavy atom. The first kappa shape index (κ1) is 17.3. The second kappa shape index (κ2) is 6.66. The second-order valence-corrected chi connectivity index (χ2v) is 7.10. The van der Waals surface area contributed by atoms with Crippen molar-refractivity contribution in [1.29, 1.82) is 0 Å². The van der Waals surface area contributed by atoms with Gasteiger partial charge in [-0.05, 0) is 19.1 Å². The van der Waals surface area contributed by atoms with E-state index in [9.17, 15) is 4.79 Å². The Labute approximate surface area is 166 Å². The van der Waals surface area contributed by atoms with Gasteiger partial charge in [0, 0.05) is 19.8 Å². The van der Waals surface area contributed by atoms with Crippen LogP contribution in [0.25, 0.3) is 17.1 Å². The summed E-state index contributed by atoms with van der Waals surface area (Å²) in [6.07, 6.45) is 6.72. The maximum Gasteiger partial charge on any atom is 0.256 e. The van der Waals surface area contributed by atoms with Crippen LogP contribution in [-0.2, 0) is 13.6 Å². The van der Waals surface area contributed by atoms with Crippen molar-refractivity contribution in [3.63, 3.8) is 0 Å². The minimum atomic E-state index is -0.0693. The second-order valence-electron chi connectivity index (χ2n) is 7.10. The summed E-state index contributed by atoms with van der Waals surface area (Å²) >= 11 is 0.